The Morgan fingerprint density at radius 2 is 1.49 bits per heavy atom. The first-order valence-electron chi connectivity index (χ1n) is 13.8. The van der Waals surface area contributed by atoms with Crippen molar-refractivity contribution in [3.63, 3.8) is 0 Å². The SMILES string of the molecule is CCC(C)(C)OC(=O)C(C[C@H](C/C=C/c1ccc(CCCO)cc1)C(=O)OC(C)(C)C)NC(=O)OC(C)(C)C. The zero-order chi connectivity index (χ0) is 29.9. The van der Waals surface area contributed by atoms with Gasteiger partial charge in [-0.3, -0.25) is 4.79 Å². The maximum atomic E-state index is 13.2. The molecule has 0 radical (unpaired) electrons. The van der Waals surface area contributed by atoms with Crippen LogP contribution in [0, 0.1) is 5.92 Å². The molecule has 0 aromatic heterocycles. The highest BCUT2D eigenvalue weighted by Crippen LogP contribution is 2.23. The Labute approximate surface area is 234 Å². The minimum Gasteiger partial charge on any atom is -0.460 e. The van der Waals surface area contributed by atoms with Gasteiger partial charge >= 0.3 is 18.0 Å². The van der Waals surface area contributed by atoms with E-state index in [0.29, 0.717) is 12.8 Å². The van der Waals surface area contributed by atoms with Gasteiger partial charge in [-0.15, -0.1) is 0 Å². The van der Waals surface area contributed by atoms with Crippen LogP contribution < -0.4 is 5.32 Å². The molecule has 1 amide bonds. The molecule has 1 unspecified atom stereocenters. The van der Waals surface area contributed by atoms with Crippen LogP contribution in [0.2, 0.25) is 0 Å². The number of aliphatic hydroxyl groups excluding tert-OH is 1. The summed E-state index contributed by atoms with van der Waals surface area (Å²) in [4.78, 5) is 39.0. The zero-order valence-electron chi connectivity index (χ0n) is 25.3. The first-order valence-corrected chi connectivity index (χ1v) is 13.8. The van der Waals surface area contributed by atoms with E-state index < -0.39 is 46.8 Å². The molecular formula is C31H49NO7. The van der Waals surface area contributed by atoms with Crippen molar-refractivity contribution < 1.29 is 33.7 Å². The molecule has 0 fully saturated rings. The number of aryl methyl sites for hydroxylation is 1. The predicted octanol–water partition coefficient (Wildman–Crippen LogP) is 5.99. The first-order chi connectivity index (χ1) is 17.9. The van der Waals surface area contributed by atoms with Gasteiger partial charge in [0.25, 0.3) is 0 Å². The molecule has 1 aromatic rings. The number of carbonyl (C=O) groups excluding carboxylic acids is 3. The van der Waals surface area contributed by atoms with Crippen LogP contribution >= 0.6 is 0 Å². The number of amides is 1. The van der Waals surface area contributed by atoms with Crippen LogP contribution in [0.25, 0.3) is 6.08 Å². The summed E-state index contributed by atoms with van der Waals surface area (Å²) in [6, 6.07) is 6.85. The van der Waals surface area contributed by atoms with E-state index in [1.54, 1.807) is 55.4 Å². The fourth-order valence-corrected chi connectivity index (χ4v) is 3.48. The summed E-state index contributed by atoms with van der Waals surface area (Å²) in [5.74, 6) is -1.82. The number of alkyl carbamates (subject to hydrolysis) is 1. The maximum absolute atomic E-state index is 13.2. The van der Waals surface area contributed by atoms with Crippen molar-refractivity contribution in [3.8, 4) is 0 Å². The van der Waals surface area contributed by atoms with Gasteiger partial charge in [0.15, 0.2) is 0 Å². The van der Waals surface area contributed by atoms with Crippen molar-refractivity contribution in [1.29, 1.82) is 0 Å². The molecule has 0 aliphatic heterocycles. The molecule has 0 spiro atoms. The number of rotatable bonds is 13. The highest BCUT2D eigenvalue weighted by atomic mass is 16.6. The lowest BCUT2D eigenvalue weighted by Gasteiger charge is -2.30. The van der Waals surface area contributed by atoms with E-state index in [1.165, 1.54) is 0 Å². The molecule has 220 valence electrons. The highest BCUT2D eigenvalue weighted by Gasteiger charge is 2.35. The van der Waals surface area contributed by atoms with Crippen molar-refractivity contribution in [2.75, 3.05) is 6.61 Å². The van der Waals surface area contributed by atoms with Gasteiger partial charge in [-0.25, -0.2) is 9.59 Å². The van der Waals surface area contributed by atoms with Gasteiger partial charge < -0.3 is 24.6 Å². The van der Waals surface area contributed by atoms with Crippen LogP contribution in [0.1, 0.15) is 99.1 Å². The van der Waals surface area contributed by atoms with E-state index in [0.717, 1.165) is 17.5 Å². The standard InChI is InChI=1S/C31H49NO7/c1-10-31(8,9)38-27(35)25(32-28(36)39-30(5,6)7)21-24(26(34)37-29(2,3)4)15-11-13-22-16-18-23(19-17-22)14-12-20-33/h11,13,16-19,24-25,33H,10,12,14-15,20-21H2,1-9H3,(H,32,36)/b13-11+/t24-,25?/m0/s1. The molecule has 0 saturated heterocycles. The Hall–Kier alpha value is -2.87. The number of ether oxygens (including phenoxy) is 3. The van der Waals surface area contributed by atoms with E-state index in [1.807, 2.05) is 43.3 Å². The minimum absolute atomic E-state index is 0.0166. The number of hydrogen-bond acceptors (Lipinski definition) is 7. The van der Waals surface area contributed by atoms with Crippen LogP contribution in [0.4, 0.5) is 4.79 Å². The lowest BCUT2D eigenvalue weighted by Crippen LogP contribution is -2.48. The molecule has 39 heavy (non-hydrogen) atoms. The molecule has 2 atom stereocenters. The molecule has 0 heterocycles. The van der Waals surface area contributed by atoms with Crippen LogP contribution in [0.15, 0.2) is 30.3 Å². The second-order valence-corrected chi connectivity index (χ2v) is 12.4. The van der Waals surface area contributed by atoms with Gasteiger partial charge in [-0.05, 0) is 98.6 Å². The lowest BCUT2D eigenvalue weighted by molar-refractivity contribution is -0.163. The molecule has 1 aromatic carbocycles. The molecular weight excluding hydrogens is 498 g/mol. The summed E-state index contributed by atoms with van der Waals surface area (Å²) in [5, 5.41) is 11.6. The van der Waals surface area contributed by atoms with E-state index in [4.69, 9.17) is 19.3 Å². The first kappa shape index (κ1) is 34.2. The Bertz CT molecular complexity index is 953. The quantitative estimate of drug-likeness (QED) is 0.231. The number of hydrogen-bond donors (Lipinski definition) is 2. The topological polar surface area (TPSA) is 111 Å². The van der Waals surface area contributed by atoms with E-state index in [9.17, 15) is 14.4 Å². The Morgan fingerprint density at radius 1 is 0.897 bits per heavy atom. The van der Waals surface area contributed by atoms with Crippen LogP contribution in [-0.4, -0.2) is 52.6 Å². The Morgan fingerprint density at radius 3 is 2.00 bits per heavy atom. The number of aliphatic hydroxyl groups is 1. The Balaban J connectivity index is 3.17. The van der Waals surface area contributed by atoms with E-state index >= 15 is 0 Å². The number of allylic oxidation sites excluding steroid dienone is 1. The number of carbonyl (C=O) groups is 3. The fourth-order valence-electron chi connectivity index (χ4n) is 3.48. The van der Waals surface area contributed by atoms with E-state index in [2.05, 4.69) is 5.32 Å². The van der Waals surface area contributed by atoms with Gasteiger partial charge in [0.05, 0.1) is 5.92 Å². The number of nitrogens with one attached hydrogen (secondary N) is 1. The highest BCUT2D eigenvalue weighted by molar-refractivity contribution is 5.83. The maximum Gasteiger partial charge on any atom is 0.408 e. The molecule has 0 saturated carbocycles. The largest absolute Gasteiger partial charge is 0.460 e. The van der Waals surface area contributed by atoms with Gasteiger partial charge in [0, 0.05) is 6.61 Å². The predicted molar refractivity (Wildman–Crippen MR) is 153 cm³/mol. The summed E-state index contributed by atoms with van der Waals surface area (Å²) in [6.07, 6.45) is 5.37. The third kappa shape index (κ3) is 14.7. The summed E-state index contributed by atoms with van der Waals surface area (Å²) < 4.78 is 16.7. The van der Waals surface area contributed by atoms with Gasteiger partial charge in [0.1, 0.15) is 22.8 Å². The van der Waals surface area contributed by atoms with Crippen molar-refractivity contribution in [3.05, 3.63) is 41.5 Å². The number of esters is 2. The molecule has 2 N–H and O–H groups in total. The zero-order valence-corrected chi connectivity index (χ0v) is 25.3. The monoisotopic (exact) mass is 547 g/mol. The van der Waals surface area contributed by atoms with Crippen molar-refractivity contribution in [2.24, 2.45) is 5.92 Å². The Kier molecular flexibility index (Phi) is 13.2. The third-order valence-electron chi connectivity index (χ3n) is 5.80. The van der Waals surface area contributed by atoms with Crippen molar-refractivity contribution in [2.45, 2.75) is 117 Å². The fraction of sp³-hybridized carbons (Fsp3) is 0.645. The average Bonchev–Trinajstić information content (AvgIpc) is 2.79. The van der Waals surface area contributed by atoms with E-state index in [-0.39, 0.29) is 19.4 Å². The number of benzene rings is 1. The van der Waals surface area contributed by atoms with Gasteiger partial charge in [-0.1, -0.05) is 43.3 Å². The van der Waals surface area contributed by atoms with Gasteiger partial charge in [-0.2, -0.15) is 0 Å². The molecule has 1 rings (SSSR count). The lowest BCUT2D eigenvalue weighted by atomic mass is 9.95. The second-order valence-electron chi connectivity index (χ2n) is 12.4. The van der Waals surface area contributed by atoms with Crippen LogP contribution in [0.5, 0.6) is 0 Å². The molecule has 8 nitrogen and oxygen atoms in total. The summed E-state index contributed by atoms with van der Waals surface area (Å²) in [6.45, 7) is 16.2. The average molecular weight is 548 g/mol. The molecule has 8 heteroatoms. The second kappa shape index (κ2) is 15.1. The van der Waals surface area contributed by atoms with Crippen molar-refractivity contribution >= 4 is 24.1 Å². The van der Waals surface area contributed by atoms with Gasteiger partial charge in [0.2, 0.25) is 0 Å². The summed E-state index contributed by atoms with van der Waals surface area (Å²) in [7, 11) is 0. The smallest absolute Gasteiger partial charge is 0.408 e. The third-order valence-corrected chi connectivity index (χ3v) is 5.80. The normalized spacial score (nSPS) is 14.0. The molecule has 0 aliphatic rings. The van der Waals surface area contributed by atoms with Crippen LogP contribution in [-0.2, 0) is 30.2 Å². The van der Waals surface area contributed by atoms with Crippen molar-refractivity contribution in [1.82, 2.24) is 5.32 Å². The van der Waals surface area contributed by atoms with Crippen LogP contribution in [0.3, 0.4) is 0 Å². The summed E-state index contributed by atoms with van der Waals surface area (Å²) in [5.41, 5.74) is -0.129. The molecule has 0 aliphatic carbocycles. The molecule has 0 bridgehead atoms. The summed E-state index contributed by atoms with van der Waals surface area (Å²) >= 11 is 0. The minimum atomic E-state index is -1.11.